The van der Waals surface area contributed by atoms with Crippen LogP contribution in [0.25, 0.3) is 0 Å². The first-order valence-electron chi connectivity index (χ1n) is 17.4. The summed E-state index contributed by atoms with van der Waals surface area (Å²) in [5.74, 6) is -3.41. The Bertz CT molecular complexity index is 1110. The highest BCUT2D eigenvalue weighted by Gasteiger charge is 2.57. The number of esters is 1. The Balaban J connectivity index is 1.19. The standard InChI is InChI=1S/C36H53F5O4/c1-3-45-33(44)24(14-11-20-35(37,38)36(39,40)41)12-9-7-5-4-6-8-10-13-25-22-26-23-27(42)15-16-28(26)29-19-21-34(2)30(32(25)29)17-18-31(34)43/h15-16,23-25,29-32,42-43H,3-14,17-22H2,1-2H3/t24?,25-,29-,30+,31?,32-,34+/m1/s1. The lowest BCUT2D eigenvalue weighted by molar-refractivity contribution is -0.284. The van der Waals surface area contributed by atoms with Gasteiger partial charge in [-0.3, -0.25) is 4.79 Å². The van der Waals surface area contributed by atoms with Gasteiger partial charge in [-0.05, 0) is 117 Å². The second-order valence-corrected chi connectivity index (χ2v) is 14.4. The first kappa shape index (κ1) is 35.9. The number of aliphatic hydroxyl groups excluding tert-OH is 1. The Labute approximate surface area is 265 Å². The number of phenolic OH excluding ortho intramolecular Hbond substituents is 1. The fraction of sp³-hybridized carbons (Fsp3) is 0.806. The smallest absolute Gasteiger partial charge is 0.453 e. The maximum atomic E-state index is 13.3. The van der Waals surface area contributed by atoms with Gasteiger partial charge in [-0.25, -0.2) is 0 Å². The molecule has 0 bridgehead atoms. The Hall–Kier alpha value is -1.90. The zero-order valence-corrected chi connectivity index (χ0v) is 27.0. The Morgan fingerprint density at radius 2 is 1.64 bits per heavy atom. The number of carbonyl (C=O) groups excluding carboxylic acids is 1. The van der Waals surface area contributed by atoms with Crippen LogP contribution in [0, 0.1) is 29.1 Å². The molecule has 2 saturated carbocycles. The van der Waals surface area contributed by atoms with Gasteiger partial charge < -0.3 is 14.9 Å². The molecule has 0 radical (unpaired) electrons. The van der Waals surface area contributed by atoms with Crippen LogP contribution in [0.5, 0.6) is 5.75 Å². The molecule has 0 heterocycles. The Kier molecular flexibility index (Phi) is 12.2. The number of carbonyl (C=O) groups is 1. The van der Waals surface area contributed by atoms with E-state index in [1.165, 1.54) is 11.1 Å². The van der Waals surface area contributed by atoms with E-state index in [2.05, 4.69) is 13.0 Å². The van der Waals surface area contributed by atoms with Crippen LogP contribution in [-0.4, -0.2) is 41.0 Å². The van der Waals surface area contributed by atoms with Crippen molar-refractivity contribution >= 4 is 5.97 Å². The van der Waals surface area contributed by atoms with Gasteiger partial charge in [-0.15, -0.1) is 0 Å². The van der Waals surface area contributed by atoms with Crippen molar-refractivity contribution in [1.82, 2.24) is 0 Å². The van der Waals surface area contributed by atoms with Crippen molar-refractivity contribution in [2.24, 2.45) is 29.1 Å². The molecule has 2 fully saturated rings. The summed E-state index contributed by atoms with van der Waals surface area (Å²) < 4.78 is 69.0. The second-order valence-electron chi connectivity index (χ2n) is 14.4. The number of alkyl halides is 5. The number of aromatic hydroxyl groups is 1. The molecule has 3 aliphatic rings. The minimum atomic E-state index is -5.57. The number of phenols is 1. The zero-order chi connectivity index (χ0) is 32.8. The van der Waals surface area contributed by atoms with E-state index < -0.39 is 30.4 Å². The minimum absolute atomic E-state index is 0.00821. The normalized spacial score (nSPS) is 28.7. The van der Waals surface area contributed by atoms with Gasteiger partial charge in [-0.1, -0.05) is 57.9 Å². The van der Waals surface area contributed by atoms with E-state index in [0.29, 0.717) is 42.3 Å². The minimum Gasteiger partial charge on any atom is -0.508 e. The summed E-state index contributed by atoms with van der Waals surface area (Å²) in [4.78, 5) is 12.3. The van der Waals surface area contributed by atoms with Gasteiger partial charge >= 0.3 is 18.1 Å². The molecule has 0 spiro atoms. The lowest BCUT2D eigenvalue weighted by Crippen LogP contribution is -2.47. The summed E-state index contributed by atoms with van der Waals surface area (Å²) in [6.07, 6.45) is 6.22. The SMILES string of the molecule is CCOC(=O)C(CCCCCCCCC[C@@H]1Cc2cc(O)ccc2[C@H]2CC[C@]3(C)C(O)CC[C@H]3[C@H]12)CCCC(F)(F)C(F)(F)F. The highest BCUT2D eigenvalue weighted by atomic mass is 19.4. The van der Waals surface area contributed by atoms with Crippen molar-refractivity contribution in [3.63, 3.8) is 0 Å². The number of ether oxygens (including phenoxy) is 1. The average Bonchev–Trinajstić information content (AvgIpc) is 3.28. The molecule has 2 unspecified atom stereocenters. The number of hydrogen-bond donors (Lipinski definition) is 2. The van der Waals surface area contributed by atoms with Crippen molar-refractivity contribution in [3.8, 4) is 5.75 Å². The number of rotatable bonds is 16. The van der Waals surface area contributed by atoms with E-state index in [9.17, 15) is 37.0 Å². The van der Waals surface area contributed by atoms with E-state index >= 15 is 0 Å². The van der Waals surface area contributed by atoms with Crippen LogP contribution in [0.4, 0.5) is 22.0 Å². The number of aliphatic hydroxyl groups is 1. The lowest BCUT2D eigenvalue weighted by atomic mass is 9.52. The molecule has 7 atom stereocenters. The van der Waals surface area contributed by atoms with Crippen LogP contribution in [0.15, 0.2) is 18.2 Å². The molecule has 2 N–H and O–H groups in total. The van der Waals surface area contributed by atoms with Crippen LogP contribution in [0.1, 0.15) is 134 Å². The maximum absolute atomic E-state index is 13.3. The van der Waals surface area contributed by atoms with Crippen molar-refractivity contribution in [2.75, 3.05) is 6.61 Å². The quantitative estimate of drug-likeness (QED) is 0.107. The molecule has 9 heteroatoms. The van der Waals surface area contributed by atoms with Crippen molar-refractivity contribution in [2.45, 2.75) is 147 Å². The van der Waals surface area contributed by atoms with Crippen LogP contribution in [-0.2, 0) is 16.0 Å². The molecule has 0 aliphatic heterocycles. The maximum Gasteiger partial charge on any atom is 0.453 e. The summed E-state index contributed by atoms with van der Waals surface area (Å²) in [6.45, 7) is 4.10. The van der Waals surface area contributed by atoms with Crippen molar-refractivity contribution in [1.29, 1.82) is 0 Å². The van der Waals surface area contributed by atoms with E-state index in [4.69, 9.17) is 4.74 Å². The summed E-state index contributed by atoms with van der Waals surface area (Å²) in [5.41, 5.74) is 2.70. The van der Waals surface area contributed by atoms with Gasteiger partial charge in [0.25, 0.3) is 0 Å². The average molecular weight is 645 g/mol. The number of halogens is 5. The fourth-order valence-electron chi connectivity index (χ4n) is 9.06. The number of benzene rings is 1. The molecule has 4 nitrogen and oxygen atoms in total. The number of unbranched alkanes of at least 4 members (excludes halogenated alkanes) is 6. The highest BCUT2D eigenvalue weighted by Crippen LogP contribution is 2.62. The summed E-state index contributed by atoms with van der Waals surface area (Å²) in [6, 6.07) is 5.92. The summed E-state index contributed by atoms with van der Waals surface area (Å²) in [5, 5.41) is 21.1. The first-order valence-corrected chi connectivity index (χ1v) is 17.4. The predicted octanol–water partition coefficient (Wildman–Crippen LogP) is 9.89. The predicted molar refractivity (Wildman–Crippen MR) is 164 cm³/mol. The van der Waals surface area contributed by atoms with Gasteiger partial charge in [0.2, 0.25) is 0 Å². The van der Waals surface area contributed by atoms with Gasteiger partial charge in [0.1, 0.15) is 5.75 Å². The third kappa shape index (κ3) is 8.53. The van der Waals surface area contributed by atoms with Crippen LogP contribution in [0.3, 0.4) is 0 Å². The van der Waals surface area contributed by atoms with Gasteiger partial charge in [-0.2, -0.15) is 22.0 Å². The molecular weight excluding hydrogens is 591 g/mol. The number of hydrogen-bond acceptors (Lipinski definition) is 4. The molecule has 0 saturated heterocycles. The van der Waals surface area contributed by atoms with E-state index in [1.807, 2.05) is 12.1 Å². The largest absolute Gasteiger partial charge is 0.508 e. The molecule has 3 aliphatic carbocycles. The Morgan fingerprint density at radius 3 is 2.33 bits per heavy atom. The van der Waals surface area contributed by atoms with E-state index in [1.54, 1.807) is 6.92 Å². The van der Waals surface area contributed by atoms with Crippen LogP contribution in [0.2, 0.25) is 0 Å². The topological polar surface area (TPSA) is 66.8 Å². The van der Waals surface area contributed by atoms with Crippen molar-refractivity contribution < 1.29 is 41.7 Å². The lowest BCUT2D eigenvalue weighted by Gasteiger charge is -2.53. The molecule has 1 aromatic rings. The van der Waals surface area contributed by atoms with Gasteiger partial charge in [0, 0.05) is 6.42 Å². The highest BCUT2D eigenvalue weighted by molar-refractivity contribution is 5.72. The monoisotopic (exact) mass is 644 g/mol. The molecule has 256 valence electrons. The van der Waals surface area contributed by atoms with Crippen LogP contribution >= 0.6 is 0 Å². The van der Waals surface area contributed by atoms with E-state index in [-0.39, 0.29) is 31.0 Å². The molecular formula is C36H53F5O4. The first-order chi connectivity index (χ1) is 21.3. The van der Waals surface area contributed by atoms with Gasteiger partial charge in [0.05, 0.1) is 18.6 Å². The third-order valence-electron chi connectivity index (χ3n) is 11.5. The molecule has 45 heavy (non-hydrogen) atoms. The second kappa shape index (κ2) is 15.3. The van der Waals surface area contributed by atoms with Crippen molar-refractivity contribution in [3.05, 3.63) is 29.3 Å². The molecule has 0 amide bonds. The van der Waals surface area contributed by atoms with Gasteiger partial charge in [0.15, 0.2) is 0 Å². The molecule has 1 aromatic carbocycles. The molecule has 0 aromatic heterocycles. The van der Waals surface area contributed by atoms with Crippen LogP contribution < -0.4 is 0 Å². The fourth-order valence-corrected chi connectivity index (χ4v) is 9.06. The number of fused-ring (bicyclic) bond motifs is 5. The summed E-state index contributed by atoms with van der Waals surface area (Å²) in [7, 11) is 0. The third-order valence-corrected chi connectivity index (χ3v) is 11.5. The zero-order valence-electron chi connectivity index (χ0n) is 27.0. The van der Waals surface area contributed by atoms with E-state index in [0.717, 1.165) is 77.0 Å². The summed E-state index contributed by atoms with van der Waals surface area (Å²) >= 11 is 0. The molecule has 4 rings (SSSR count). The Morgan fingerprint density at radius 1 is 0.978 bits per heavy atom.